The summed E-state index contributed by atoms with van der Waals surface area (Å²) >= 11 is 0. The molecule has 2 fully saturated rings. The van der Waals surface area contributed by atoms with Gasteiger partial charge in [0.2, 0.25) is 0 Å². The smallest absolute Gasteiger partial charge is 0.0480 e. The van der Waals surface area contributed by atoms with Gasteiger partial charge in [0.1, 0.15) is 0 Å². The Hall–Kier alpha value is -0.900. The first-order valence-electron chi connectivity index (χ1n) is 9.77. The van der Waals surface area contributed by atoms with Crippen LogP contribution in [0, 0.1) is 12.8 Å². The van der Waals surface area contributed by atoms with Crippen LogP contribution < -0.4 is 0 Å². The van der Waals surface area contributed by atoms with E-state index in [1.165, 1.54) is 69.4 Å². The van der Waals surface area contributed by atoms with Gasteiger partial charge in [0, 0.05) is 38.9 Å². The topological polar surface area (TPSA) is 15.7 Å². The van der Waals surface area contributed by atoms with Crippen LogP contribution in [0.1, 0.15) is 36.8 Å². The lowest BCUT2D eigenvalue weighted by Crippen LogP contribution is -2.44. The highest BCUT2D eigenvalue weighted by Gasteiger charge is 2.24. The molecule has 0 saturated carbocycles. The average Bonchev–Trinajstić information content (AvgIpc) is 2.62. The minimum absolute atomic E-state index is 0.737. The first-order valence-corrected chi connectivity index (χ1v) is 9.77. The van der Waals surface area contributed by atoms with Crippen molar-refractivity contribution in [2.24, 2.45) is 5.92 Å². The van der Waals surface area contributed by atoms with Crippen LogP contribution in [-0.2, 0) is 11.2 Å². The normalized spacial score (nSPS) is 23.7. The second-order valence-corrected chi connectivity index (χ2v) is 7.77. The molecule has 3 heteroatoms. The molecular weight excluding hydrogens is 296 g/mol. The fourth-order valence-electron chi connectivity index (χ4n) is 4.35. The molecule has 1 aromatic carbocycles. The van der Waals surface area contributed by atoms with E-state index in [-0.39, 0.29) is 0 Å². The predicted octanol–water partition coefficient (Wildman–Crippen LogP) is 3.36. The van der Waals surface area contributed by atoms with Crippen molar-refractivity contribution in [3.05, 3.63) is 35.4 Å². The Kier molecular flexibility index (Phi) is 6.70. The van der Waals surface area contributed by atoms with Gasteiger partial charge in [0.05, 0.1) is 0 Å². The van der Waals surface area contributed by atoms with Crippen molar-refractivity contribution < 1.29 is 4.74 Å². The summed E-state index contributed by atoms with van der Waals surface area (Å²) in [6.07, 6.45) is 6.37. The summed E-state index contributed by atoms with van der Waals surface area (Å²) in [4.78, 5) is 5.30. The maximum absolute atomic E-state index is 5.51. The van der Waals surface area contributed by atoms with Crippen LogP contribution in [0.2, 0.25) is 0 Å². The van der Waals surface area contributed by atoms with Gasteiger partial charge in [-0.3, -0.25) is 0 Å². The molecule has 3 nitrogen and oxygen atoms in total. The van der Waals surface area contributed by atoms with Gasteiger partial charge in [-0.1, -0.05) is 24.3 Å². The maximum atomic E-state index is 5.51. The molecule has 1 atom stereocenters. The largest absolute Gasteiger partial charge is 0.381 e. The number of aryl methyl sites for hydroxylation is 1. The van der Waals surface area contributed by atoms with Crippen LogP contribution in [0.4, 0.5) is 0 Å². The molecule has 2 aliphatic heterocycles. The lowest BCUT2D eigenvalue weighted by Gasteiger charge is -2.38. The third-order valence-corrected chi connectivity index (χ3v) is 5.92. The van der Waals surface area contributed by atoms with Crippen LogP contribution in [0.25, 0.3) is 0 Å². The van der Waals surface area contributed by atoms with Gasteiger partial charge in [0.25, 0.3) is 0 Å². The Labute approximate surface area is 148 Å². The van der Waals surface area contributed by atoms with Crippen molar-refractivity contribution in [3.8, 4) is 0 Å². The molecule has 0 aromatic heterocycles. The summed E-state index contributed by atoms with van der Waals surface area (Å²) in [7, 11) is 2.32. The van der Waals surface area contributed by atoms with Crippen molar-refractivity contribution >= 4 is 0 Å². The van der Waals surface area contributed by atoms with Crippen molar-refractivity contribution in [3.63, 3.8) is 0 Å². The Morgan fingerprint density at radius 1 is 1.17 bits per heavy atom. The Morgan fingerprint density at radius 2 is 1.96 bits per heavy atom. The summed E-state index contributed by atoms with van der Waals surface area (Å²) in [6, 6.07) is 9.57. The highest BCUT2D eigenvalue weighted by atomic mass is 16.5. The van der Waals surface area contributed by atoms with Crippen molar-refractivity contribution in [2.75, 3.05) is 46.4 Å². The Bertz CT molecular complexity index is 498. The molecule has 2 heterocycles. The molecule has 0 aliphatic carbocycles. The number of rotatable bonds is 6. The fourth-order valence-corrected chi connectivity index (χ4v) is 4.35. The van der Waals surface area contributed by atoms with E-state index in [1.807, 2.05) is 0 Å². The summed E-state index contributed by atoms with van der Waals surface area (Å²) in [5.41, 5.74) is 2.95. The van der Waals surface area contributed by atoms with E-state index in [0.29, 0.717) is 0 Å². The van der Waals surface area contributed by atoms with Crippen molar-refractivity contribution in [1.82, 2.24) is 9.80 Å². The van der Waals surface area contributed by atoms with Gasteiger partial charge in [0.15, 0.2) is 0 Å². The van der Waals surface area contributed by atoms with Gasteiger partial charge in [-0.25, -0.2) is 0 Å². The molecule has 0 radical (unpaired) electrons. The molecule has 2 saturated heterocycles. The monoisotopic (exact) mass is 330 g/mol. The van der Waals surface area contributed by atoms with E-state index in [0.717, 1.165) is 25.2 Å². The van der Waals surface area contributed by atoms with E-state index in [2.05, 4.69) is 48.0 Å². The molecule has 1 unspecified atom stereocenters. The molecule has 0 amide bonds. The fraction of sp³-hybridized carbons (Fsp3) is 0.714. The molecule has 134 valence electrons. The first kappa shape index (κ1) is 17.9. The average molecular weight is 331 g/mol. The summed E-state index contributed by atoms with van der Waals surface area (Å²) in [5.74, 6) is 0.837. The number of ether oxygens (including phenoxy) is 1. The molecule has 0 bridgehead atoms. The van der Waals surface area contributed by atoms with Gasteiger partial charge in [-0.15, -0.1) is 0 Å². The minimum Gasteiger partial charge on any atom is -0.381 e. The zero-order chi connectivity index (χ0) is 16.8. The lowest BCUT2D eigenvalue weighted by atomic mass is 9.95. The van der Waals surface area contributed by atoms with Crippen LogP contribution in [0.15, 0.2) is 24.3 Å². The summed E-state index contributed by atoms with van der Waals surface area (Å²) in [6.45, 7) is 9.15. The highest BCUT2D eigenvalue weighted by molar-refractivity contribution is 5.25. The van der Waals surface area contributed by atoms with Gasteiger partial charge < -0.3 is 14.5 Å². The molecule has 1 aromatic rings. The van der Waals surface area contributed by atoms with E-state index in [1.54, 1.807) is 0 Å². The summed E-state index contributed by atoms with van der Waals surface area (Å²) in [5, 5.41) is 0. The zero-order valence-electron chi connectivity index (χ0n) is 15.5. The van der Waals surface area contributed by atoms with Crippen molar-refractivity contribution in [2.45, 2.75) is 45.1 Å². The number of piperidine rings is 1. The first-order chi connectivity index (χ1) is 11.7. The number of nitrogens with zero attached hydrogens (tertiary/aromatic N) is 2. The number of hydrogen-bond acceptors (Lipinski definition) is 3. The number of hydrogen-bond donors (Lipinski definition) is 0. The summed E-state index contributed by atoms with van der Waals surface area (Å²) < 4.78 is 5.51. The molecule has 0 N–H and O–H groups in total. The molecule has 3 rings (SSSR count). The van der Waals surface area contributed by atoms with Crippen LogP contribution in [0.5, 0.6) is 0 Å². The van der Waals surface area contributed by atoms with Gasteiger partial charge in [-0.2, -0.15) is 0 Å². The lowest BCUT2D eigenvalue weighted by molar-refractivity contribution is 0.0324. The van der Waals surface area contributed by atoms with Gasteiger partial charge in [-0.05, 0) is 69.7 Å². The van der Waals surface area contributed by atoms with E-state index in [9.17, 15) is 0 Å². The molecular formula is C21H34N2O. The zero-order valence-corrected chi connectivity index (χ0v) is 15.5. The third kappa shape index (κ3) is 5.05. The molecule has 0 spiro atoms. The van der Waals surface area contributed by atoms with Crippen molar-refractivity contribution in [1.29, 1.82) is 0 Å². The predicted molar refractivity (Wildman–Crippen MR) is 101 cm³/mol. The van der Waals surface area contributed by atoms with Crippen LogP contribution in [-0.4, -0.2) is 62.3 Å². The Morgan fingerprint density at radius 3 is 2.75 bits per heavy atom. The minimum atomic E-state index is 0.737. The Balaban J connectivity index is 1.44. The SMILES string of the molecule is Cc1ccccc1CCN1CCCC(CN(C)C2CCOCC2)C1. The number of likely N-dealkylation sites (tertiary alicyclic amines) is 1. The quantitative estimate of drug-likeness (QED) is 0.795. The van der Waals surface area contributed by atoms with Crippen LogP contribution >= 0.6 is 0 Å². The van der Waals surface area contributed by atoms with Crippen LogP contribution in [0.3, 0.4) is 0 Å². The third-order valence-electron chi connectivity index (χ3n) is 5.92. The second-order valence-electron chi connectivity index (χ2n) is 7.77. The van der Waals surface area contributed by atoms with E-state index < -0.39 is 0 Å². The second kappa shape index (κ2) is 8.98. The maximum Gasteiger partial charge on any atom is 0.0480 e. The number of benzene rings is 1. The molecule has 2 aliphatic rings. The van der Waals surface area contributed by atoms with E-state index in [4.69, 9.17) is 4.74 Å². The highest BCUT2D eigenvalue weighted by Crippen LogP contribution is 2.21. The van der Waals surface area contributed by atoms with Gasteiger partial charge >= 0.3 is 0 Å². The standard InChI is InChI=1S/C21H34N2O/c1-18-6-3-4-8-20(18)9-13-23-12-5-7-19(17-23)16-22(2)21-10-14-24-15-11-21/h3-4,6,8,19,21H,5,7,9-17H2,1-2H3. The van der Waals surface area contributed by atoms with E-state index >= 15 is 0 Å². The molecule has 24 heavy (non-hydrogen) atoms.